The molecule has 3 atom stereocenters. The summed E-state index contributed by atoms with van der Waals surface area (Å²) >= 11 is 1.49. The molecule has 0 bridgehead atoms. The summed E-state index contributed by atoms with van der Waals surface area (Å²) in [6.07, 6.45) is 8.67. The Bertz CT molecular complexity index is 1400. The number of aromatic nitrogens is 1. The Morgan fingerprint density at radius 3 is 2.66 bits per heavy atom. The number of likely N-dealkylation sites (tertiary alicyclic amines) is 1. The van der Waals surface area contributed by atoms with Crippen molar-refractivity contribution in [2.75, 3.05) is 19.0 Å². The molecule has 3 heterocycles. The standard InChI is InChI=1S/C34H44N4O5S/c1-6-16-34(3,4)28-21-44-32(35-28)36-29(23-12-9-8-10-13-23)30(39)38-19-25(17-27(38)31(40)42-5)43-33(41)37-18-24-15-11-14-22(7-2)26(24)20-37/h6-7,11,14-15,21,23,25,27,29H,1-2,8-10,12-13,16-20H2,3-5H3,(H,35,36)/t25-,27+,29+/m1/s1. The van der Waals surface area contributed by atoms with Gasteiger partial charge in [-0.05, 0) is 41.9 Å². The first kappa shape index (κ1) is 31.8. The number of fused-ring (bicyclic) bond motifs is 1. The molecule has 9 nitrogen and oxygen atoms in total. The third kappa shape index (κ3) is 6.70. The lowest BCUT2D eigenvalue weighted by atomic mass is 9.83. The largest absolute Gasteiger partial charge is 0.467 e. The van der Waals surface area contributed by atoms with E-state index in [4.69, 9.17) is 14.5 Å². The maximum atomic E-state index is 14.4. The van der Waals surface area contributed by atoms with E-state index in [0.29, 0.717) is 18.2 Å². The minimum absolute atomic E-state index is 0.104. The number of methoxy groups -OCH3 is 1. The third-order valence-corrected chi connectivity index (χ3v) is 10.1. The van der Waals surface area contributed by atoms with Crippen molar-refractivity contribution >= 4 is 40.5 Å². The minimum atomic E-state index is -0.834. The van der Waals surface area contributed by atoms with E-state index in [1.165, 1.54) is 18.4 Å². The fourth-order valence-corrected chi connectivity index (χ4v) is 7.69. The van der Waals surface area contributed by atoms with Crippen molar-refractivity contribution in [1.82, 2.24) is 14.8 Å². The first-order chi connectivity index (χ1) is 21.1. The number of hydrogen-bond donors (Lipinski definition) is 1. The predicted molar refractivity (Wildman–Crippen MR) is 172 cm³/mol. The van der Waals surface area contributed by atoms with Crippen LogP contribution in [-0.4, -0.2) is 64.6 Å². The average molecular weight is 621 g/mol. The van der Waals surface area contributed by atoms with Gasteiger partial charge < -0.3 is 19.7 Å². The second-order valence-electron chi connectivity index (χ2n) is 12.8. The second kappa shape index (κ2) is 13.5. The molecule has 5 rings (SSSR count). The lowest BCUT2D eigenvalue weighted by Crippen LogP contribution is -2.51. The molecule has 10 heteroatoms. The normalized spacial score (nSPS) is 21.0. The van der Waals surface area contributed by atoms with Crippen LogP contribution in [0.2, 0.25) is 0 Å². The van der Waals surface area contributed by atoms with Gasteiger partial charge in [0, 0.05) is 23.8 Å². The van der Waals surface area contributed by atoms with Gasteiger partial charge in [0.2, 0.25) is 5.91 Å². The summed E-state index contributed by atoms with van der Waals surface area (Å²) in [4.78, 5) is 48.6. The van der Waals surface area contributed by atoms with Crippen molar-refractivity contribution in [3.8, 4) is 0 Å². The Morgan fingerprint density at radius 1 is 1.18 bits per heavy atom. The Morgan fingerprint density at radius 2 is 1.95 bits per heavy atom. The summed E-state index contributed by atoms with van der Waals surface area (Å²) in [5.41, 5.74) is 3.90. The molecule has 1 N–H and O–H groups in total. The molecule has 0 spiro atoms. The van der Waals surface area contributed by atoms with Crippen LogP contribution in [0, 0.1) is 5.92 Å². The Kier molecular flexibility index (Phi) is 9.78. The first-order valence-corrected chi connectivity index (χ1v) is 16.4. The van der Waals surface area contributed by atoms with Crippen molar-refractivity contribution in [1.29, 1.82) is 0 Å². The number of ether oxygens (including phenoxy) is 2. The molecule has 2 amide bonds. The van der Waals surface area contributed by atoms with Crippen LogP contribution in [0.15, 0.2) is 42.8 Å². The number of rotatable bonds is 10. The van der Waals surface area contributed by atoms with E-state index in [2.05, 4.69) is 32.3 Å². The summed E-state index contributed by atoms with van der Waals surface area (Å²) in [6.45, 7) is 13.0. The van der Waals surface area contributed by atoms with Crippen molar-refractivity contribution in [2.45, 2.75) is 95.5 Å². The molecule has 3 aliphatic rings. The maximum absolute atomic E-state index is 14.4. The fraction of sp³-hybridized carbons (Fsp3) is 0.529. The number of carbonyl (C=O) groups is 3. The zero-order valence-electron chi connectivity index (χ0n) is 26.0. The van der Waals surface area contributed by atoms with Crippen molar-refractivity contribution < 1.29 is 23.9 Å². The number of hydrogen-bond acceptors (Lipinski definition) is 8. The molecule has 2 fully saturated rings. The fourth-order valence-electron chi connectivity index (χ4n) is 6.75. The summed E-state index contributed by atoms with van der Waals surface area (Å²) in [6, 6.07) is 4.55. The van der Waals surface area contributed by atoms with E-state index in [1.54, 1.807) is 15.9 Å². The van der Waals surface area contributed by atoms with E-state index in [-0.39, 0.29) is 30.2 Å². The van der Waals surface area contributed by atoms with E-state index >= 15 is 0 Å². The first-order valence-electron chi connectivity index (χ1n) is 15.6. The number of amides is 2. The monoisotopic (exact) mass is 620 g/mol. The molecular formula is C34H44N4O5S. The third-order valence-electron chi connectivity index (χ3n) is 9.30. The van der Waals surface area contributed by atoms with Gasteiger partial charge in [-0.1, -0.05) is 70.0 Å². The number of thiazole rings is 1. The van der Waals surface area contributed by atoms with Gasteiger partial charge in [0.1, 0.15) is 18.2 Å². The lowest BCUT2D eigenvalue weighted by molar-refractivity contribution is -0.151. The lowest BCUT2D eigenvalue weighted by Gasteiger charge is -2.34. The molecule has 1 aliphatic carbocycles. The van der Waals surface area contributed by atoms with Gasteiger partial charge in [0.15, 0.2) is 5.13 Å². The number of nitrogens with zero attached hydrogens (tertiary/aromatic N) is 3. The average Bonchev–Trinajstić information content (AvgIpc) is 3.78. The summed E-state index contributed by atoms with van der Waals surface area (Å²) < 4.78 is 11.0. The van der Waals surface area contributed by atoms with Gasteiger partial charge in [-0.25, -0.2) is 14.6 Å². The quantitative estimate of drug-likeness (QED) is 0.246. The van der Waals surface area contributed by atoms with E-state index in [0.717, 1.165) is 60.9 Å². The van der Waals surface area contributed by atoms with Gasteiger partial charge in [0.25, 0.3) is 0 Å². The molecule has 1 aromatic heterocycles. The van der Waals surface area contributed by atoms with Crippen LogP contribution >= 0.6 is 11.3 Å². The number of esters is 1. The molecule has 0 radical (unpaired) electrons. The van der Waals surface area contributed by atoms with Crippen LogP contribution in [-0.2, 0) is 37.6 Å². The van der Waals surface area contributed by atoms with E-state index in [1.807, 2.05) is 29.7 Å². The van der Waals surface area contributed by atoms with Gasteiger partial charge in [-0.2, -0.15) is 0 Å². The smallest absolute Gasteiger partial charge is 0.410 e. The molecule has 236 valence electrons. The number of allylic oxidation sites excluding steroid dienone is 1. The molecular weight excluding hydrogens is 576 g/mol. The molecule has 0 unspecified atom stereocenters. The van der Waals surface area contributed by atoms with Crippen LogP contribution < -0.4 is 5.32 Å². The Labute approximate surface area is 264 Å². The van der Waals surface area contributed by atoms with Crippen molar-refractivity contribution in [2.24, 2.45) is 5.92 Å². The topological polar surface area (TPSA) is 101 Å². The zero-order chi connectivity index (χ0) is 31.4. The van der Waals surface area contributed by atoms with E-state index < -0.39 is 30.3 Å². The highest BCUT2D eigenvalue weighted by Crippen LogP contribution is 2.35. The molecule has 2 aliphatic heterocycles. The summed E-state index contributed by atoms with van der Waals surface area (Å²) in [7, 11) is 1.32. The second-order valence-corrected chi connectivity index (χ2v) is 13.6. The SMILES string of the molecule is C=CCC(C)(C)c1csc(N[C@H](C(=O)N2C[C@H](OC(=O)N3Cc4cccc(C=C)c4C3)C[C@H]2C(=O)OC)C2CCCCC2)n1. The number of carbonyl (C=O) groups excluding carboxylic acids is 3. The molecule has 1 saturated carbocycles. The van der Waals surface area contributed by atoms with Gasteiger partial charge in [-0.15, -0.1) is 17.9 Å². The number of benzene rings is 1. The highest BCUT2D eigenvalue weighted by Gasteiger charge is 2.46. The Balaban J connectivity index is 1.32. The number of nitrogens with one attached hydrogen (secondary N) is 1. The van der Waals surface area contributed by atoms with Crippen LogP contribution in [0.25, 0.3) is 6.08 Å². The number of anilines is 1. The predicted octanol–water partition coefficient (Wildman–Crippen LogP) is 6.30. The molecule has 1 saturated heterocycles. The van der Waals surface area contributed by atoms with Crippen LogP contribution in [0.4, 0.5) is 9.93 Å². The summed E-state index contributed by atoms with van der Waals surface area (Å²) in [5.74, 6) is -0.588. The van der Waals surface area contributed by atoms with Crippen molar-refractivity contribution in [3.63, 3.8) is 0 Å². The van der Waals surface area contributed by atoms with E-state index in [9.17, 15) is 14.4 Å². The highest BCUT2D eigenvalue weighted by atomic mass is 32.1. The molecule has 44 heavy (non-hydrogen) atoms. The minimum Gasteiger partial charge on any atom is -0.467 e. The van der Waals surface area contributed by atoms with Crippen molar-refractivity contribution in [3.05, 3.63) is 65.2 Å². The molecule has 1 aromatic carbocycles. The van der Waals surface area contributed by atoms with Gasteiger partial charge in [-0.3, -0.25) is 9.69 Å². The van der Waals surface area contributed by atoms with Crippen LogP contribution in [0.5, 0.6) is 0 Å². The summed E-state index contributed by atoms with van der Waals surface area (Å²) in [5, 5.41) is 6.19. The maximum Gasteiger partial charge on any atom is 0.410 e. The highest BCUT2D eigenvalue weighted by molar-refractivity contribution is 7.13. The Hall–Kier alpha value is -3.66. The van der Waals surface area contributed by atoms with Crippen LogP contribution in [0.3, 0.4) is 0 Å². The van der Waals surface area contributed by atoms with Gasteiger partial charge >= 0.3 is 12.1 Å². The zero-order valence-corrected chi connectivity index (χ0v) is 26.9. The van der Waals surface area contributed by atoms with Crippen LogP contribution in [0.1, 0.15) is 81.2 Å². The molecule has 2 aromatic rings. The van der Waals surface area contributed by atoms with Gasteiger partial charge in [0.05, 0.1) is 25.9 Å².